The Morgan fingerprint density at radius 1 is 1.22 bits per heavy atom. The first-order valence-electron chi connectivity index (χ1n) is 3.59. The number of nitrogens with one attached hydrogen (secondary N) is 1. The van der Waals surface area contributed by atoms with Crippen molar-refractivity contribution in [3.05, 3.63) is 0 Å². The molecule has 0 aliphatic heterocycles. The van der Waals surface area contributed by atoms with Crippen molar-refractivity contribution in [3.63, 3.8) is 0 Å². The highest BCUT2D eigenvalue weighted by Crippen LogP contribution is 1.37. The maximum absolute atomic E-state index is 9.29. The van der Waals surface area contributed by atoms with E-state index in [1.165, 1.54) is 0 Å². The summed E-state index contributed by atoms with van der Waals surface area (Å²) in [6.07, 6.45) is 0.681. The van der Waals surface area contributed by atoms with Gasteiger partial charge < -0.3 is 5.32 Å². The van der Waals surface area contributed by atoms with Crippen LogP contribution in [-0.2, 0) is 4.79 Å². The van der Waals surface area contributed by atoms with E-state index in [-0.39, 0.29) is 0 Å². The van der Waals surface area contributed by atoms with Crippen LogP contribution in [0.1, 0.15) is 34.6 Å². The molecule has 0 spiro atoms. The van der Waals surface area contributed by atoms with Crippen molar-refractivity contribution >= 4 is 6.41 Å². The molecule has 0 saturated heterocycles. The van der Waals surface area contributed by atoms with Gasteiger partial charge in [0.2, 0.25) is 6.41 Å². The second kappa shape index (κ2) is 51.3. The number of hydrogen-bond acceptors (Lipinski definition) is 1. The second-order valence-corrected chi connectivity index (χ2v) is 0.676. The average Bonchev–Trinajstić information content (AvgIpc) is 1.98. The van der Waals surface area contributed by atoms with E-state index in [9.17, 15) is 4.79 Å². The van der Waals surface area contributed by atoms with Crippen LogP contribution in [0.15, 0.2) is 0 Å². The molecule has 2 nitrogen and oxygen atoms in total. The summed E-state index contributed by atoms with van der Waals surface area (Å²) in [5.41, 5.74) is 0. The summed E-state index contributed by atoms with van der Waals surface area (Å²) in [6, 6.07) is 0. The third-order valence-electron chi connectivity index (χ3n) is 0.287. The van der Waals surface area contributed by atoms with E-state index in [2.05, 4.69) is 5.32 Å². The fourth-order valence-corrected chi connectivity index (χ4v) is 0.0833. The Morgan fingerprint density at radius 2 is 1.56 bits per heavy atom. The van der Waals surface area contributed by atoms with Gasteiger partial charge in [-0.15, -0.1) is 0 Å². The molecule has 0 bridgehead atoms. The predicted molar refractivity (Wildman–Crippen MR) is 42.4 cm³/mol. The Hall–Kier alpha value is -0.530. The standard InChI is InChI=1S/C3H7NO.2C2H6/c1-2-4-3-5;2*1-2/h3H,2H2,1H3,(H,4,5);2*1-2H3. The van der Waals surface area contributed by atoms with Crippen LogP contribution in [0.5, 0.6) is 0 Å². The molecule has 0 rings (SSSR count). The van der Waals surface area contributed by atoms with Gasteiger partial charge in [0.25, 0.3) is 0 Å². The largest absolute Gasteiger partial charge is 0.359 e. The quantitative estimate of drug-likeness (QED) is 0.572. The highest BCUT2D eigenvalue weighted by Gasteiger charge is 1.59. The molecule has 0 aromatic rings. The molecule has 0 aliphatic rings. The smallest absolute Gasteiger partial charge is 0.207 e. The van der Waals surface area contributed by atoms with Crippen LogP contribution in [0.4, 0.5) is 0 Å². The molecule has 0 radical (unpaired) electrons. The monoisotopic (exact) mass is 133 g/mol. The van der Waals surface area contributed by atoms with E-state index < -0.39 is 0 Å². The van der Waals surface area contributed by atoms with Gasteiger partial charge in [0, 0.05) is 6.54 Å². The first-order chi connectivity index (χ1) is 4.41. The number of carbonyl (C=O) groups is 1. The molecule has 58 valence electrons. The average molecular weight is 133 g/mol. The minimum absolute atomic E-state index is 0.681. The van der Waals surface area contributed by atoms with Gasteiger partial charge in [0.05, 0.1) is 0 Å². The first-order valence-corrected chi connectivity index (χ1v) is 3.59. The third kappa shape index (κ3) is 103. The van der Waals surface area contributed by atoms with E-state index >= 15 is 0 Å². The van der Waals surface area contributed by atoms with Gasteiger partial charge >= 0.3 is 0 Å². The fraction of sp³-hybridized carbons (Fsp3) is 0.857. The van der Waals surface area contributed by atoms with Crippen LogP contribution in [0, 0.1) is 0 Å². The van der Waals surface area contributed by atoms with E-state index in [0.717, 1.165) is 6.54 Å². The normalized spacial score (nSPS) is 5.00. The van der Waals surface area contributed by atoms with Crippen LogP contribution in [0.2, 0.25) is 0 Å². The number of amides is 1. The predicted octanol–water partition coefficient (Wildman–Crippen LogP) is 1.80. The number of hydrogen-bond donors (Lipinski definition) is 1. The molecule has 0 aromatic heterocycles. The molecule has 0 unspecified atom stereocenters. The van der Waals surface area contributed by atoms with Crippen molar-refractivity contribution in [2.75, 3.05) is 6.54 Å². The summed E-state index contributed by atoms with van der Waals surface area (Å²) in [7, 11) is 0. The summed E-state index contributed by atoms with van der Waals surface area (Å²) in [5.74, 6) is 0. The molecule has 0 saturated carbocycles. The topological polar surface area (TPSA) is 29.1 Å². The van der Waals surface area contributed by atoms with Crippen LogP contribution in [-0.4, -0.2) is 13.0 Å². The summed E-state index contributed by atoms with van der Waals surface area (Å²) >= 11 is 0. The molecule has 0 heterocycles. The highest BCUT2D eigenvalue weighted by molar-refractivity contribution is 5.45. The van der Waals surface area contributed by atoms with Crippen molar-refractivity contribution in [1.82, 2.24) is 5.32 Å². The second-order valence-electron chi connectivity index (χ2n) is 0.676. The lowest BCUT2D eigenvalue weighted by Crippen LogP contribution is -2.07. The summed E-state index contributed by atoms with van der Waals surface area (Å²) < 4.78 is 0. The highest BCUT2D eigenvalue weighted by atomic mass is 16.1. The maximum Gasteiger partial charge on any atom is 0.207 e. The van der Waals surface area contributed by atoms with Gasteiger partial charge in [-0.25, -0.2) is 0 Å². The molecular formula is C7H19NO. The van der Waals surface area contributed by atoms with Gasteiger partial charge in [0.15, 0.2) is 0 Å². The van der Waals surface area contributed by atoms with Gasteiger partial charge in [0.1, 0.15) is 0 Å². The van der Waals surface area contributed by atoms with Crippen molar-refractivity contribution in [2.24, 2.45) is 0 Å². The Bertz CT molecular complexity index is 30.1. The molecule has 0 aromatic carbocycles. The first kappa shape index (κ1) is 15.8. The molecule has 1 N–H and O–H groups in total. The minimum atomic E-state index is 0.681. The molecule has 1 amide bonds. The van der Waals surface area contributed by atoms with E-state index in [4.69, 9.17) is 0 Å². The van der Waals surface area contributed by atoms with Gasteiger partial charge in [-0.3, -0.25) is 4.79 Å². The lowest BCUT2D eigenvalue weighted by atomic mass is 10.8. The SMILES string of the molecule is CC.CC.CCNC=O. The van der Waals surface area contributed by atoms with Gasteiger partial charge in [-0.2, -0.15) is 0 Å². The van der Waals surface area contributed by atoms with E-state index in [1.807, 2.05) is 34.6 Å². The van der Waals surface area contributed by atoms with Crippen molar-refractivity contribution in [3.8, 4) is 0 Å². The zero-order valence-electron chi connectivity index (χ0n) is 7.19. The van der Waals surface area contributed by atoms with Gasteiger partial charge in [-0.1, -0.05) is 27.7 Å². The lowest BCUT2D eigenvalue weighted by Gasteiger charge is -1.78. The molecule has 0 atom stereocenters. The van der Waals surface area contributed by atoms with E-state index in [1.54, 1.807) is 0 Å². The minimum Gasteiger partial charge on any atom is -0.359 e. The number of carbonyl (C=O) groups excluding carboxylic acids is 1. The molecule has 0 fully saturated rings. The Morgan fingerprint density at radius 3 is 1.56 bits per heavy atom. The van der Waals surface area contributed by atoms with Crippen molar-refractivity contribution in [1.29, 1.82) is 0 Å². The molecule has 2 heteroatoms. The van der Waals surface area contributed by atoms with Crippen LogP contribution < -0.4 is 5.32 Å². The molecule has 9 heavy (non-hydrogen) atoms. The summed E-state index contributed by atoms with van der Waals surface area (Å²) in [5, 5.41) is 2.43. The van der Waals surface area contributed by atoms with Crippen LogP contribution in [0.3, 0.4) is 0 Å². The lowest BCUT2D eigenvalue weighted by molar-refractivity contribution is -0.109. The molecular weight excluding hydrogens is 114 g/mol. The Kier molecular flexibility index (Phi) is 90.0. The fourth-order valence-electron chi connectivity index (χ4n) is 0.0833. The summed E-state index contributed by atoms with van der Waals surface area (Å²) in [4.78, 5) is 9.29. The van der Waals surface area contributed by atoms with Crippen molar-refractivity contribution in [2.45, 2.75) is 34.6 Å². The van der Waals surface area contributed by atoms with E-state index in [0.29, 0.717) is 6.41 Å². The Labute approximate surface area is 58.7 Å². The van der Waals surface area contributed by atoms with Gasteiger partial charge in [-0.05, 0) is 6.92 Å². The maximum atomic E-state index is 9.29. The number of rotatable bonds is 2. The molecule has 0 aliphatic carbocycles. The Balaban J connectivity index is -0.0000000771. The zero-order valence-corrected chi connectivity index (χ0v) is 7.19. The van der Waals surface area contributed by atoms with Crippen molar-refractivity contribution < 1.29 is 4.79 Å². The zero-order chi connectivity index (χ0) is 8.12. The third-order valence-corrected chi connectivity index (χ3v) is 0.287. The van der Waals surface area contributed by atoms with Crippen LogP contribution in [0.25, 0.3) is 0 Å². The summed E-state index contributed by atoms with van der Waals surface area (Å²) in [6.45, 7) is 10.6. The van der Waals surface area contributed by atoms with Crippen LogP contribution >= 0.6 is 0 Å².